The van der Waals surface area contributed by atoms with Crippen LogP contribution in [0.3, 0.4) is 0 Å². The minimum absolute atomic E-state index is 0.0762. The van der Waals surface area contributed by atoms with E-state index in [1.165, 1.54) is 4.31 Å². The van der Waals surface area contributed by atoms with Gasteiger partial charge in [-0.05, 0) is 6.92 Å². The Balaban J connectivity index is 2.06. The number of nitrogens with one attached hydrogen (secondary N) is 2. The third kappa shape index (κ3) is 3.51. The summed E-state index contributed by atoms with van der Waals surface area (Å²) in [6, 6.07) is 0. The summed E-state index contributed by atoms with van der Waals surface area (Å²) in [5.74, 6) is -0.0917. The summed E-state index contributed by atoms with van der Waals surface area (Å²) in [6.45, 7) is 3.44. The molecule has 1 fully saturated rings. The number of thiazole rings is 1. The summed E-state index contributed by atoms with van der Waals surface area (Å²) in [4.78, 5) is 26.6. The van der Waals surface area contributed by atoms with Crippen LogP contribution in [0.4, 0.5) is 0 Å². The van der Waals surface area contributed by atoms with E-state index in [1.807, 2.05) is 4.90 Å². The second kappa shape index (κ2) is 6.26. The standard InChI is InChI=1S/C11H18N4O4S2/c1-8-10(20-11(17)13-8)21(18,19)15-5-3-14(4-6-15)7-9(16)12-2/h3-7H2,1-2H3,(H,12,16)(H,13,17). The molecule has 0 aromatic carbocycles. The molecular formula is C11H18N4O4S2. The predicted octanol–water partition coefficient (Wildman–Crippen LogP) is -1.20. The van der Waals surface area contributed by atoms with Crippen LogP contribution in [0.15, 0.2) is 9.00 Å². The van der Waals surface area contributed by atoms with Crippen LogP contribution in [0, 0.1) is 6.92 Å². The Morgan fingerprint density at radius 3 is 2.43 bits per heavy atom. The van der Waals surface area contributed by atoms with Crippen molar-refractivity contribution < 1.29 is 13.2 Å². The lowest BCUT2D eigenvalue weighted by Gasteiger charge is -2.33. The van der Waals surface area contributed by atoms with Crippen molar-refractivity contribution in [3.8, 4) is 0 Å². The minimum Gasteiger partial charge on any atom is -0.358 e. The lowest BCUT2D eigenvalue weighted by atomic mass is 10.3. The molecule has 0 aliphatic carbocycles. The molecule has 2 heterocycles. The summed E-state index contributed by atoms with van der Waals surface area (Å²) in [7, 11) is -2.07. The van der Waals surface area contributed by atoms with Crippen LogP contribution in [-0.2, 0) is 14.8 Å². The molecule has 0 unspecified atom stereocenters. The van der Waals surface area contributed by atoms with Gasteiger partial charge in [-0.3, -0.25) is 14.5 Å². The Labute approximate surface area is 126 Å². The largest absolute Gasteiger partial charge is 0.358 e. The van der Waals surface area contributed by atoms with Gasteiger partial charge in [0.15, 0.2) is 4.21 Å². The fourth-order valence-corrected chi connectivity index (χ4v) is 5.02. The number of aromatic amines is 1. The van der Waals surface area contributed by atoms with Crippen LogP contribution < -0.4 is 10.2 Å². The Hall–Kier alpha value is -1.23. The zero-order chi connectivity index (χ0) is 15.6. The smallest absolute Gasteiger partial charge is 0.305 e. The van der Waals surface area contributed by atoms with Crippen LogP contribution in [0.2, 0.25) is 0 Å². The number of nitrogens with zero attached hydrogens (tertiary/aromatic N) is 2. The lowest BCUT2D eigenvalue weighted by molar-refractivity contribution is -0.122. The highest BCUT2D eigenvalue weighted by molar-refractivity contribution is 7.91. The maximum Gasteiger partial charge on any atom is 0.305 e. The molecule has 10 heteroatoms. The molecule has 0 spiro atoms. The van der Waals surface area contributed by atoms with Crippen molar-refractivity contribution in [2.75, 3.05) is 39.8 Å². The molecule has 2 rings (SSSR count). The van der Waals surface area contributed by atoms with Crippen molar-refractivity contribution in [1.82, 2.24) is 19.5 Å². The van der Waals surface area contributed by atoms with Gasteiger partial charge in [-0.1, -0.05) is 11.3 Å². The Morgan fingerprint density at radius 2 is 1.95 bits per heavy atom. The minimum atomic E-state index is -3.64. The van der Waals surface area contributed by atoms with Gasteiger partial charge in [0.2, 0.25) is 5.91 Å². The van der Waals surface area contributed by atoms with E-state index in [4.69, 9.17) is 0 Å². The number of aryl methyl sites for hydroxylation is 1. The monoisotopic (exact) mass is 334 g/mol. The highest BCUT2D eigenvalue weighted by Crippen LogP contribution is 2.22. The quantitative estimate of drug-likeness (QED) is 0.720. The van der Waals surface area contributed by atoms with Gasteiger partial charge < -0.3 is 10.3 Å². The number of rotatable bonds is 4. The van der Waals surface area contributed by atoms with Crippen LogP contribution >= 0.6 is 11.3 Å². The molecule has 1 aromatic heterocycles. The average Bonchev–Trinajstić information content (AvgIpc) is 2.79. The molecule has 1 aliphatic heterocycles. The van der Waals surface area contributed by atoms with Gasteiger partial charge in [0.25, 0.3) is 10.0 Å². The first kappa shape index (κ1) is 16.1. The van der Waals surface area contributed by atoms with E-state index >= 15 is 0 Å². The lowest BCUT2D eigenvalue weighted by Crippen LogP contribution is -2.50. The van der Waals surface area contributed by atoms with E-state index in [1.54, 1.807) is 14.0 Å². The van der Waals surface area contributed by atoms with Gasteiger partial charge in [0.05, 0.1) is 6.54 Å². The zero-order valence-corrected chi connectivity index (χ0v) is 13.5. The van der Waals surface area contributed by atoms with Crippen LogP contribution in [-0.4, -0.2) is 68.3 Å². The van der Waals surface area contributed by atoms with Crippen molar-refractivity contribution in [3.05, 3.63) is 15.4 Å². The van der Waals surface area contributed by atoms with Crippen LogP contribution in [0.5, 0.6) is 0 Å². The molecule has 1 saturated heterocycles. The average molecular weight is 334 g/mol. The first-order chi connectivity index (χ1) is 9.84. The van der Waals surface area contributed by atoms with Crippen LogP contribution in [0.1, 0.15) is 5.69 Å². The third-order valence-electron chi connectivity index (χ3n) is 3.33. The fourth-order valence-electron chi connectivity index (χ4n) is 2.16. The number of hydrogen-bond donors (Lipinski definition) is 2. The van der Waals surface area contributed by atoms with E-state index in [0.717, 1.165) is 0 Å². The maximum atomic E-state index is 12.5. The third-order valence-corrected chi connectivity index (χ3v) is 6.81. The topological polar surface area (TPSA) is 103 Å². The Kier molecular flexibility index (Phi) is 4.81. The molecule has 2 N–H and O–H groups in total. The van der Waals surface area contributed by atoms with Crippen molar-refractivity contribution in [3.63, 3.8) is 0 Å². The van der Waals surface area contributed by atoms with E-state index in [9.17, 15) is 18.0 Å². The van der Waals surface area contributed by atoms with Crippen molar-refractivity contribution in [2.45, 2.75) is 11.1 Å². The number of amides is 1. The van der Waals surface area contributed by atoms with E-state index in [0.29, 0.717) is 43.2 Å². The van der Waals surface area contributed by atoms with Gasteiger partial charge in [-0.25, -0.2) is 8.42 Å². The molecule has 118 valence electrons. The van der Waals surface area contributed by atoms with E-state index in [2.05, 4.69) is 10.3 Å². The van der Waals surface area contributed by atoms with E-state index in [-0.39, 0.29) is 21.5 Å². The first-order valence-corrected chi connectivity index (χ1v) is 8.73. The zero-order valence-electron chi connectivity index (χ0n) is 11.9. The van der Waals surface area contributed by atoms with Gasteiger partial charge in [0, 0.05) is 38.9 Å². The van der Waals surface area contributed by atoms with Gasteiger partial charge in [0.1, 0.15) is 0 Å². The number of piperazine rings is 1. The molecule has 0 radical (unpaired) electrons. The summed E-state index contributed by atoms with van der Waals surface area (Å²) < 4.78 is 26.4. The molecule has 1 aliphatic rings. The molecule has 0 atom stereocenters. The number of H-pyrrole nitrogens is 1. The number of hydrogen-bond acceptors (Lipinski definition) is 6. The SMILES string of the molecule is CNC(=O)CN1CCN(S(=O)(=O)c2sc(=O)[nH]c2C)CC1. The first-order valence-electron chi connectivity index (χ1n) is 6.47. The molecule has 1 amide bonds. The number of carbonyl (C=O) groups is 1. The summed E-state index contributed by atoms with van der Waals surface area (Å²) in [5.41, 5.74) is 0.373. The van der Waals surface area contributed by atoms with Gasteiger partial charge in [-0.15, -0.1) is 0 Å². The highest BCUT2D eigenvalue weighted by atomic mass is 32.2. The summed E-state index contributed by atoms with van der Waals surface area (Å²) in [6.07, 6.45) is 0. The normalized spacial score (nSPS) is 17.8. The molecular weight excluding hydrogens is 316 g/mol. The second-order valence-corrected chi connectivity index (χ2v) is 7.90. The van der Waals surface area contributed by atoms with E-state index < -0.39 is 10.0 Å². The Morgan fingerprint density at radius 1 is 1.33 bits per heavy atom. The molecule has 21 heavy (non-hydrogen) atoms. The van der Waals surface area contributed by atoms with Crippen molar-refractivity contribution in [1.29, 1.82) is 0 Å². The number of sulfonamides is 1. The number of aromatic nitrogens is 1. The number of likely N-dealkylation sites (N-methyl/N-ethyl adjacent to an activating group) is 1. The molecule has 1 aromatic rings. The van der Waals surface area contributed by atoms with Gasteiger partial charge >= 0.3 is 4.87 Å². The van der Waals surface area contributed by atoms with Crippen molar-refractivity contribution >= 4 is 27.3 Å². The Bertz CT molecular complexity index is 671. The summed E-state index contributed by atoms with van der Waals surface area (Å²) in [5, 5.41) is 2.54. The van der Waals surface area contributed by atoms with Crippen LogP contribution in [0.25, 0.3) is 0 Å². The van der Waals surface area contributed by atoms with Gasteiger partial charge in [-0.2, -0.15) is 4.31 Å². The highest BCUT2D eigenvalue weighted by Gasteiger charge is 2.31. The molecule has 0 saturated carbocycles. The van der Waals surface area contributed by atoms with Crippen molar-refractivity contribution in [2.24, 2.45) is 0 Å². The molecule has 8 nitrogen and oxygen atoms in total. The predicted molar refractivity (Wildman–Crippen MR) is 78.9 cm³/mol. The fraction of sp³-hybridized carbons (Fsp3) is 0.636. The number of carbonyl (C=O) groups excluding carboxylic acids is 1. The summed E-state index contributed by atoms with van der Waals surface area (Å²) >= 11 is 0.712. The second-order valence-electron chi connectivity index (χ2n) is 4.78. The maximum absolute atomic E-state index is 12.5. The molecule has 0 bridgehead atoms.